The van der Waals surface area contributed by atoms with Crippen molar-refractivity contribution in [3.8, 4) is 0 Å². The van der Waals surface area contributed by atoms with Crippen molar-refractivity contribution in [1.82, 2.24) is 0 Å². The maximum absolute atomic E-state index is 5.78. The molecule has 0 bridgehead atoms. The van der Waals surface area contributed by atoms with E-state index >= 15 is 0 Å². The summed E-state index contributed by atoms with van der Waals surface area (Å²) < 4.78 is 5.15. The van der Waals surface area contributed by atoms with Gasteiger partial charge in [0.1, 0.15) is 0 Å². The summed E-state index contributed by atoms with van der Waals surface area (Å²) in [6, 6.07) is 9.24. The number of halogens is 1. The van der Waals surface area contributed by atoms with Gasteiger partial charge in [-0.05, 0) is 30.5 Å². The highest BCUT2D eigenvalue weighted by Gasteiger charge is 2.28. The second-order valence-corrected chi connectivity index (χ2v) is 4.48. The zero-order valence-electron chi connectivity index (χ0n) is 9.66. The first-order chi connectivity index (χ1) is 7.85. The molecule has 0 aliphatic heterocycles. The molecule has 3 heteroatoms. The molecule has 1 saturated carbocycles. The predicted octanol–water partition coefficient (Wildman–Crippen LogP) is 3.04. The lowest BCUT2D eigenvalue weighted by atomic mass is 10.2. The SMILES string of the molecule is COCCN(c1ccc(CCl)cc1)C1CC1. The fourth-order valence-corrected chi connectivity index (χ4v) is 2.05. The van der Waals surface area contributed by atoms with Crippen LogP contribution in [-0.2, 0) is 10.6 Å². The normalized spacial score (nSPS) is 15.1. The molecule has 0 aromatic heterocycles. The largest absolute Gasteiger partial charge is 0.383 e. The zero-order chi connectivity index (χ0) is 11.4. The molecular formula is C13H18ClNO. The van der Waals surface area contributed by atoms with Crippen LogP contribution >= 0.6 is 11.6 Å². The number of rotatable bonds is 6. The molecule has 0 N–H and O–H groups in total. The van der Waals surface area contributed by atoms with E-state index in [-0.39, 0.29) is 0 Å². The Hall–Kier alpha value is -0.730. The average Bonchev–Trinajstić information content (AvgIpc) is 3.15. The number of hydrogen-bond acceptors (Lipinski definition) is 2. The van der Waals surface area contributed by atoms with Gasteiger partial charge in [0.15, 0.2) is 0 Å². The molecule has 0 radical (unpaired) electrons. The average molecular weight is 240 g/mol. The van der Waals surface area contributed by atoms with Crippen LogP contribution in [0.15, 0.2) is 24.3 Å². The van der Waals surface area contributed by atoms with E-state index < -0.39 is 0 Å². The molecule has 0 heterocycles. The summed E-state index contributed by atoms with van der Waals surface area (Å²) in [6.45, 7) is 1.76. The van der Waals surface area contributed by atoms with Gasteiger partial charge in [-0.15, -0.1) is 11.6 Å². The number of ether oxygens (including phenoxy) is 1. The molecule has 0 saturated heterocycles. The molecule has 2 nitrogen and oxygen atoms in total. The fourth-order valence-electron chi connectivity index (χ4n) is 1.87. The monoisotopic (exact) mass is 239 g/mol. The lowest BCUT2D eigenvalue weighted by Crippen LogP contribution is -2.29. The molecule has 1 aliphatic rings. The Bertz CT molecular complexity index is 321. The molecule has 0 spiro atoms. The van der Waals surface area contributed by atoms with Gasteiger partial charge in [0, 0.05) is 31.3 Å². The van der Waals surface area contributed by atoms with Crippen LogP contribution in [-0.4, -0.2) is 26.3 Å². The minimum atomic E-state index is 0.585. The van der Waals surface area contributed by atoms with Crippen molar-refractivity contribution in [2.45, 2.75) is 24.8 Å². The number of alkyl halides is 1. The number of nitrogens with zero attached hydrogens (tertiary/aromatic N) is 1. The highest BCUT2D eigenvalue weighted by Crippen LogP contribution is 2.31. The van der Waals surface area contributed by atoms with Crippen LogP contribution < -0.4 is 4.90 Å². The molecule has 1 aliphatic carbocycles. The summed E-state index contributed by atoms with van der Waals surface area (Å²) in [6.07, 6.45) is 2.61. The van der Waals surface area contributed by atoms with E-state index in [1.54, 1.807) is 7.11 Å². The van der Waals surface area contributed by atoms with Crippen LogP contribution in [0.4, 0.5) is 5.69 Å². The topological polar surface area (TPSA) is 12.5 Å². The molecule has 1 aromatic carbocycles. The van der Waals surface area contributed by atoms with Crippen molar-refractivity contribution in [3.05, 3.63) is 29.8 Å². The number of benzene rings is 1. The van der Waals surface area contributed by atoms with Crippen molar-refractivity contribution in [1.29, 1.82) is 0 Å². The van der Waals surface area contributed by atoms with E-state index in [1.807, 2.05) is 0 Å². The standard InChI is InChI=1S/C13H18ClNO/c1-16-9-8-15(13-6-7-13)12-4-2-11(10-14)3-5-12/h2-5,13H,6-10H2,1H3. The Kier molecular flexibility index (Phi) is 4.08. The third-order valence-corrected chi connectivity index (χ3v) is 3.25. The lowest BCUT2D eigenvalue weighted by Gasteiger charge is -2.24. The first kappa shape index (κ1) is 11.7. The van der Waals surface area contributed by atoms with E-state index in [4.69, 9.17) is 16.3 Å². The van der Waals surface area contributed by atoms with Crippen molar-refractivity contribution >= 4 is 17.3 Å². The van der Waals surface area contributed by atoms with Crippen molar-refractivity contribution in [2.24, 2.45) is 0 Å². The third kappa shape index (κ3) is 2.89. The molecule has 0 amide bonds. The van der Waals surface area contributed by atoms with Gasteiger partial charge < -0.3 is 9.64 Å². The molecule has 88 valence electrons. The molecular weight excluding hydrogens is 222 g/mol. The number of methoxy groups -OCH3 is 1. The minimum absolute atomic E-state index is 0.585. The number of anilines is 1. The van der Waals surface area contributed by atoms with Gasteiger partial charge in [-0.2, -0.15) is 0 Å². The van der Waals surface area contributed by atoms with Crippen molar-refractivity contribution in [2.75, 3.05) is 25.2 Å². The summed E-state index contributed by atoms with van der Waals surface area (Å²) in [5, 5.41) is 0. The number of hydrogen-bond donors (Lipinski definition) is 0. The fraction of sp³-hybridized carbons (Fsp3) is 0.538. The smallest absolute Gasteiger partial charge is 0.0637 e. The van der Waals surface area contributed by atoms with E-state index in [0.717, 1.165) is 19.2 Å². The highest BCUT2D eigenvalue weighted by atomic mass is 35.5. The molecule has 0 unspecified atom stereocenters. The summed E-state index contributed by atoms with van der Waals surface area (Å²) >= 11 is 5.78. The Morgan fingerprint density at radius 2 is 2.00 bits per heavy atom. The first-order valence-electron chi connectivity index (χ1n) is 5.75. The van der Waals surface area contributed by atoms with E-state index in [9.17, 15) is 0 Å². The second kappa shape index (κ2) is 5.55. The maximum atomic E-state index is 5.78. The molecule has 2 rings (SSSR count). The van der Waals surface area contributed by atoms with E-state index in [2.05, 4.69) is 29.2 Å². The second-order valence-electron chi connectivity index (χ2n) is 4.22. The van der Waals surface area contributed by atoms with Crippen molar-refractivity contribution in [3.63, 3.8) is 0 Å². The summed E-state index contributed by atoms with van der Waals surface area (Å²) in [7, 11) is 1.75. The summed E-state index contributed by atoms with van der Waals surface area (Å²) in [5.41, 5.74) is 2.46. The van der Waals surface area contributed by atoms with Crippen molar-refractivity contribution < 1.29 is 4.74 Å². The van der Waals surface area contributed by atoms with Crippen LogP contribution in [0.1, 0.15) is 18.4 Å². The van der Waals surface area contributed by atoms with E-state index in [0.29, 0.717) is 5.88 Å². The Morgan fingerprint density at radius 3 is 2.50 bits per heavy atom. The molecule has 1 fully saturated rings. The summed E-state index contributed by atoms with van der Waals surface area (Å²) in [4.78, 5) is 2.43. The summed E-state index contributed by atoms with van der Waals surface area (Å²) in [5.74, 6) is 0.585. The predicted molar refractivity (Wildman–Crippen MR) is 68.2 cm³/mol. The Balaban J connectivity index is 2.05. The van der Waals surface area contributed by atoms with Gasteiger partial charge in [0.25, 0.3) is 0 Å². The highest BCUT2D eigenvalue weighted by molar-refractivity contribution is 6.17. The quantitative estimate of drug-likeness (QED) is 0.708. The Labute approximate surface area is 102 Å². The lowest BCUT2D eigenvalue weighted by molar-refractivity contribution is 0.205. The maximum Gasteiger partial charge on any atom is 0.0637 e. The molecule has 16 heavy (non-hydrogen) atoms. The van der Waals surface area contributed by atoms with Crippen LogP contribution in [0.2, 0.25) is 0 Å². The van der Waals surface area contributed by atoms with Crippen LogP contribution in [0.25, 0.3) is 0 Å². The zero-order valence-corrected chi connectivity index (χ0v) is 10.4. The first-order valence-corrected chi connectivity index (χ1v) is 6.29. The van der Waals surface area contributed by atoms with Crippen LogP contribution in [0.3, 0.4) is 0 Å². The van der Waals surface area contributed by atoms with E-state index in [1.165, 1.54) is 24.1 Å². The van der Waals surface area contributed by atoms with Gasteiger partial charge in [-0.3, -0.25) is 0 Å². The van der Waals surface area contributed by atoms with Gasteiger partial charge in [0.05, 0.1) is 6.61 Å². The minimum Gasteiger partial charge on any atom is -0.383 e. The van der Waals surface area contributed by atoms with Crippen LogP contribution in [0, 0.1) is 0 Å². The van der Waals surface area contributed by atoms with Gasteiger partial charge in [-0.1, -0.05) is 12.1 Å². The Morgan fingerprint density at radius 1 is 1.31 bits per heavy atom. The molecule has 1 aromatic rings. The van der Waals surface area contributed by atoms with Gasteiger partial charge in [-0.25, -0.2) is 0 Å². The van der Waals surface area contributed by atoms with Gasteiger partial charge >= 0.3 is 0 Å². The molecule has 0 atom stereocenters. The third-order valence-electron chi connectivity index (χ3n) is 2.95. The van der Waals surface area contributed by atoms with Gasteiger partial charge in [0.2, 0.25) is 0 Å². The van der Waals surface area contributed by atoms with Crippen LogP contribution in [0.5, 0.6) is 0 Å².